The molecule has 0 unspecified atom stereocenters. The van der Waals surface area contributed by atoms with Crippen molar-refractivity contribution in [2.45, 2.75) is 49.7 Å². The van der Waals surface area contributed by atoms with Gasteiger partial charge >= 0.3 is 0 Å². The van der Waals surface area contributed by atoms with Gasteiger partial charge in [-0.15, -0.1) is 0 Å². The number of sulfonamides is 1. The van der Waals surface area contributed by atoms with E-state index >= 15 is 0 Å². The minimum atomic E-state index is -3.95. The van der Waals surface area contributed by atoms with E-state index in [0.29, 0.717) is 25.9 Å². The van der Waals surface area contributed by atoms with Gasteiger partial charge in [-0.2, -0.15) is 0 Å². The molecule has 4 rings (SSSR count). The highest BCUT2D eigenvalue weighted by atomic mass is 32.2. The van der Waals surface area contributed by atoms with Gasteiger partial charge in [-0.1, -0.05) is 37.3 Å². The number of ether oxygens (including phenoxy) is 1. The molecule has 8 nitrogen and oxygen atoms in total. The topological polar surface area (TPSA) is 109 Å². The summed E-state index contributed by atoms with van der Waals surface area (Å²) < 4.78 is 31.9. The number of hydroxylamine groups is 1. The van der Waals surface area contributed by atoms with Crippen LogP contribution in [-0.2, 0) is 26.0 Å². The molecule has 1 amide bonds. The summed E-state index contributed by atoms with van der Waals surface area (Å²) in [4.78, 5) is 17.1. The minimum Gasteiger partial charge on any atom is -0.381 e. The van der Waals surface area contributed by atoms with Gasteiger partial charge in [-0.3, -0.25) is 15.0 Å². The molecule has 0 aliphatic carbocycles. The van der Waals surface area contributed by atoms with Crippen LogP contribution in [0.1, 0.15) is 49.8 Å². The number of aryl methyl sites for hydroxylation is 1. The van der Waals surface area contributed by atoms with E-state index in [-0.39, 0.29) is 32.0 Å². The molecule has 2 aromatic rings. The number of benzene rings is 1. The van der Waals surface area contributed by atoms with Gasteiger partial charge in [-0.25, -0.2) is 18.2 Å². The summed E-state index contributed by atoms with van der Waals surface area (Å²) in [6.45, 7) is 3.10. The van der Waals surface area contributed by atoms with Crippen molar-refractivity contribution in [2.75, 3.05) is 26.3 Å². The maximum absolute atomic E-state index is 13.4. The Morgan fingerprint density at radius 2 is 1.76 bits per heavy atom. The van der Waals surface area contributed by atoms with E-state index in [2.05, 4.69) is 42.2 Å². The first kappa shape index (κ1) is 23.8. The Kier molecular flexibility index (Phi) is 7.13. The van der Waals surface area contributed by atoms with Crippen LogP contribution in [0, 0.1) is 0 Å². The highest BCUT2D eigenvalue weighted by Gasteiger charge is 2.54. The van der Waals surface area contributed by atoms with E-state index in [1.165, 1.54) is 9.87 Å². The second-order valence-corrected chi connectivity index (χ2v) is 11.0. The van der Waals surface area contributed by atoms with E-state index < -0.39 is 20.7 Å². The molecule has 2 aliphatic rings. The van der Waals surface area contributed by atoms with Crippen LogP contribution in [0.5, 0.6) is 0 Å². The Bertz CT molecular complexity index is 1060. The third kappa shape index (κ3) is 4.55. The Morgan fingerprint density at radius 1 is 1.12 bits per heavy atom. The standard InChI is InChI=1S/C24H31N3O5S/c1-2-18-3-5-19(6-4-18)21-7-8-22(25-17-21)20-9-13-27(14-10-20)33(30,31)24(23(28)26-29)11-15-32-16-12-24/h3-8,17,20,29H,2,9-16H2,1H3,(H,26,28). The number of rotatable bonds is 6. The molecule has 0 spiro atoms. The molecule has 9 heteroatoms. The lowest BCUT2D eigenvalue weighted by Gasteiger charge is -2.40. The first-order valence-electron chi connectivity index (χ1n) is 11.5. The van der Waals surface area contributed by atoms with Gasteiger partial charge in [0.15, 0.2) is 4.75 Å². The summed E-state index contributed by atoms with van der Waals surface area (Å²) in [7, 11) is -3.95. The van der Waals surface area contributed by atoms with Crippen LogP contribution in [0.15, 0.2) is 42.6 Å². The number of hydrogen-bond donors (Lipinski definition) is 2. The zero-order valence-corrected chi connectivity index (χ0v) is 19.7. The Balaban J connectivity index is 1.44. The van der Waals surface area contributed by atoms with Crippen molar-refractivity contribution in [1.82, 2.24) is 14.8 Å². The van der Waals surface area contributed by atoms with Gasteiger partial charge in [0.1, 0.15) is 0 Å². The number of amides is 1. The quantitative estimate of drug-likeness (QED) is 0.493. The summed E-state index contributed by atoms with van der Waals surface area (Å²) in [6.07, 6.45) is 4.20. The Labute approximate surface area is 195 Å². The molecule has 2 aliphatic heterocycles. The molecule has 0 radical (unpaired) electrons. The second-order valence-electron chi connectivity index (χ2n) is 8.75. The lowest BCUT2D eigenvalue weighted by Crippen LogP contribution is -2.60. The fourth-order valence-corrected chi connectivity index (χ4v) is 6.94. The fraction of sp³-hybridized carbons (Fsp3) is 0.500. The third-order valence-electron chi connectivity index (χ3n) is 7.00. The molecule has 1 aromatic carbocycles. The molecule has 2 N–H and O–H groups in total. The number of nitrogens with one attached hydrogen (secondary N) is 1. The molecule has 0 atom stereocenters. The summed E-state index contributed by atoms with van der Waals surface area (Å²) in [5.74, 6) is -0.720. The largest absolute Gasteiger partial charge is 0.381 e. The van der Waals surface area contributed by atoms with Crippen molar-refractivity contribution >= 4 is 15.9 Å². The lowest BCUT2D eigenvalue weighted by molar-refractivity contribution is -0.134. The SMILES string of the molecule is CCc1ccc(-c2ccc(C3CCN(S(=O)(=O)C4(C(=O)NO)CCOCC4)CC3)nc2)cc1. The van der Waals surface area contributed by atoms with Crippen molar-refractivity contribution in [2.24, 2.45) is 0 Å². The third-order valence-corrected chi connectivity index (χ3v) is 9.63. The number of carbonyl (C=O) groups is 1. The van der Waals surface area contributed by atoms with Gasteiger partial charge in [0.25, 0.3) is 5.91 Å². The van der Waals surface area contributed by atoms with E-state index in [1.54, 1.807) is 5.48 Å². The smallest absolute Gasteiger partial charge is 0.266 e. The number of nitrogens with zero attached hydrogens (tertiary/aromatic N) is 2. The Morgan fingerprint density at radius 3 is 2.30 bits per heavy atom. The summed E-state index contributed by atoms with van der Waals surface area (Å²) in [5.41, 5.74) is 5.99. The lowest BCUT2D eigenvalue weighted by atomic mass is 9.93. The summed E-state index contributed by atoms with van der Waals surface area (Å²) in [6, 6.07) is 12.6. The first-order valence-corrected chi connectivity index (χ1v) is 12.9. The van der Waals surface area contributed by atoms with E-state index in [4.69, 9.17) is 4.74 Å². The maximum atomic E-state index is 13.4. The van der Waals surface area contributed by atoms with Gasteiger partial charge in [0.2, 0.25) is 10.0 Å². The predicted molar refractivity (Wildman–Crippen MR) is 124 cm³/mol. The van der Waals surface area contributed by atoms with Crippen molar-refractivity contribution in [3.8, 4) is 11.1 Å². The molecule has 33 heavy (non-hydrogen) atoms. The Hall–Kier alpha value is -2.33. The van der Waals surface area contributed by atoms with Gasteiger partial charge < -0.3 is 4.74 Å². The molecule has 2 saturated heterocycles. The molecular weight excluding hydrogens is 442 g/mol. The molecule has 2 fully saturated rings. The van der Waals surface area contributed by atoms with Crippen LogP contribution in [0.25, 0.3) is 11.1 Å². The van der Waals surface area contributed by atoms with Gasteiger partial charge in [0, 0.05) is 62.5 Å². The van der Waals surface area contributed by atoms with E-state index in [0.717, 1.165) is 23.2 Å². The van der Waals surface area contributed by atoms with E-state index in [9.17, 15) is 18.4 Å². The second kappa shape index (κ2) is 9.89. The van der Waals surface area contributed by atoms with Gasteiger partial charge in [-0.05, 0) is 36.5 Å². The molecule has 0 bridgehead atoms. The number of aromatic nitrogens is 1. The van der Waals surface area contributed by atoms with Crippen molar-refractivity contribution in [1.29, 1.82) is 0 Å². The van der Waals surface area contributed by atoms with Crippen LogP contribution in [0.2, 0.25) is 0 Å². The molecule has 178 valence electrons. The van der Waals surface area contributed by atoms with Crippen LogP contribution < -0.4 is 5.48 Å². The number of pyridine rings is 1. The zero-order chi connectivity index (χ0) is 23.5. The number of piperidine rings is 1. The normalized spacial score (nSPS) is 19.8. The average Bonchev–Trinajstić information content (AvgIpc) is 2.88. The maximum Gasteiger partial charge on any atom is 0.266 e. The van der Waals surface area contributed by atoms with Crippen LogP contribution in [0.3, 0.4) is 0 Å². The number of carbonyl (C=O) groups excluding carboxylic acids is 1. The summed E-state index contributed by atoms with van der Waals surface area (Å²) >= 11 is 0. The first-order chi connectivity index (χ1) is 15.9. The average molecular weight is 474 g/mol. The summed E-state index contributed by atoms with van der Waals surface area (Å²) in [5, 5.41) is 9.20. The molecule has 1 aromatic heterocycles. The van der Waals surface area contributed by atoms with Crippen molar-refractivity contribution in [3.63, 3.8) is 0 Å². The molecule has 3 heterocycles. The van der Waals surface area contributed by atoms with E-state index in [1.807, 2.05) is 12.3 Å². The zero-order valence-electron chi connectivity index (χ0n) is 18.9. The van der Waals surface area contributed by atoms with Crippen LogP contribution in [-0.4, -0.2) is 59.9 Å². The van der Waals surface area contributed by atoms with Crippen LogP contribution >= 0.6 is 0 Å². The minimum absolute atomic E-state index is 0.0317. The highest BCUT2D eigenvalue weighted by Crippen LogP contribution is 2.36. The van der Waals surface area contributed by atoms with Gasteiger partial charge in [0.05, 0.1) is 0 Å². The van der Waals surface area contributed by atoms with Crippen molar-refractivity contribution < 1.29 is 23.2 Å². The molecule has 0 saturated carbocycles. The molecular formula is C24H31N3O5S. The number of hydrogen-bond acceptors (Lipinski definition) is 6. The van der Waals surface area contributed by atoms with Crippen LogP contribution in [0.4, 0.5) is 0 Å². The monoisotopic (exact) mass is 473 g/mol. The highest BCUT2D eigenvalue weighted by molar-refractivity contribution is 7.91. The van der Waals surface area contributed by atoms with Crippen molar-refractivity contribution in [3.05, 3.63) is 53.9 Å². The fourth-order valence-electron chi connectivity index (χ4n) is 4.79. The predicted octanol–water partition coefficient (Wildman–Crippen LogP) is 2.87.